The van der Waals surface area contributed by atoms with Crippen LogP contribution < -0.4 is 20.1 Å². The molecule has 0 aromatic heterocycles. The largest absolute Gasteiger partial charge is 0.454 e. The van der Waals surface area contributed by atoms with Gasteiger partial charge >= 0.3 is 0 Å². The first-order valence-electron chi connectivity index (χ1n) is 10.6. The van der Waals surface area contributed by atoms with Crippen molar-refractivity contribution in [1.82, 2.24) is 0 Å². The number of amides is 2. The van der Waals surface area contributed by atoms with Crippen LogP contribution >= 0.6 is 0 Å². The number of carbonyl (C=O) groups is 3. The van der Waals surface area contributed by atoms with E-state index in [2.05, 4.69) is 0 Å². The van der Waals surface area contributed by atoms with Crippen LogP contribution in [0.25, 0.3) is 0 Å². The second-order valence-electron chi connectivity index (χ2n) is 9.28. The molecule has 2 aliphatic heterocycles. The summed E-state index contributed by atoms with van der Waals surface area (Å²) < 4.78 is 10.9. The van der Waals surface area contributed by atoms with Gasteiger partial charge in [-0.15, -0.1) is 0 Å². The lowest BCUT2D eigenvalue weighted by atomic mass is 9.69. The molecule has 1 aliphatic carbocycles. The van der Waals surface area contributed by atoms with E-state index >= 15 is 0 Å². The number of nitrogens with zero attached hydrogens (tertiary/aromatic N) is 1. The summed E-state index contributed by atoms with van der Waals surface area (Å²) in [6, 6.07) is 12.3. The van der Waals surface area contributed by atoms with Gasteiger partial charge in [0.2, 0.25) is 12.7 Å². The molecule has 0 saturated carbocycles. The summed E-state index contributed by atoms with van der Waals surface area (Å²) in [5.74, 6) is 0.112. The number of benzene rings is 2. The normalized spacial score (nSPS) is 21.6. The Morgan fingerprint density at radius 1 is 1.06 bits per heavy atom. The lowest BCUT2D eigenvalue weighted by Crippen LogP contribution is -2.44. The van der Waals surface area contributed by atoms with Crippen LogP contribution in [0.5, 0.6) is 11.5 Å². The minimum atomic E-state index is -0.616. The van der Waals surface area contributed by atoms with Crippen LogP contribution in [0.2, 0.25) is 0 Å². The Morgan fingerprint density at radius 3 is 2.59 bits per heavy atom. The van der Waals surface area contributed by atoms with Crippen LogP contribution in [0.15, 0.2) is 53.7 Å². The van der Waals surface area contributed by atoms with Crippen molar-refractivity contribution in [3.63, 3.8) is 0 Å². The van der Waals surface area contributed by atoms with Crippen LogP contribution in [-0.4, -0.2) is 24.4 Å². The highest BCUT2D eigenvalue weighted by molar-refractivity contribution is 6.11. The lowest BCUT2D eigenvalue weighted by Gasteiger charge is -2.43. The first-order chi connectivity index (χ1) is 15.2. The Kier molecular flexibility index (Phi) is 4.58. The molecular formula is C25H24N2O5. The number of ether oxygens (including phenoxy) is 2. The van der Waals surface area contributed by atoms with E-state index in [-0.39, 0.29) is 41.8 Å². The smallest absolute Gasteiger partial charge is 0.250 e. The van der Waals surface area contributed by atoms with E-state index in [9.17, 15) is 14.4 Å². The third-order valence-electron chi connectivity index (χ3n) is 6.35. The number of hydrogen-bond acceptors (Lipinski definition) is 5. The molecule has 2 aromatic carbocycles. The van der Waals surface area contributed by atoms with Crippen molar-refractivity contribution in [2.24, 2.45) is 11.1 Å². The first-order valence-corrected chi connectivity index (χ1v) is 10.6. The third-order valence-corrected chi connectivity index (χ3v) is 6.35. The number of ketones is 1. The molecule has 7 heteroatoms. The molecule has 5 rings (SSSR count). The van der Waals surface area contributed by atoms with Gasteiger partial charge in [0.15, 0.2) is 17.3 Å². The molecule has 1 atom stereocenters. The second-order valence-corrected chi connectivity index (χ2v) is 9.28. The van der Waals surface area contributed by atoms with E-state index in [0.717, 1.165) is 5.56 Å². The third kappa shape index (κ3) is 3.25. The van der Waals surface area contributed by atoms with Gasteiger partial charge in [0.05, 0.1) is 11.3 Å². The maximum absolute atomic E-state index is 13.5. The minimum Gasteiger partial charge on any atom is -0.454 e. The number of allylic oxidation sites excluding steroid dienone is 2. The summed E-state index contributed by atoms with van der Waals surface area (Å²) in [5, 5.41) is 0. The Balaban J connectivity index is 1.69. The van der Waals surface area contributed by atoms with Crippen molar-refractivity contribution in [3.05, 3.63) is 64.9 Å². The van der Waals surface area contributed by atoms with Gasteiger partial charge in [0.25, 0.3) is 5.91 Å². The highest BCUT2D eigenvalue weighted by Gasteiger charge is 2.45. The van der Waals surface area contributed by atoms with Crippen LogP contribution in [-0.2, 0) is 9.59 Å². The molecule has 0 bridgehead atoms. The number of Topliss-reactive ketones (excluding diaryl/α,β-unsaturated/α-hetero) is 1. The second kappa shape index (κ2) is 7.22. The predicted molar refractivity (Wildman–Crippen MR) is 117 cm³/mol. The molecule has 2 heterocycles. The van der Waals surface area contributed by atoms with E-state index in [1.165, 1.54) is 4.90 Å². The Morgan fingerprint density at radius 2 is 1.81 bits per heavy atom. The molecule has 2 N–H and O–H groups in total. The summed E-state index contributed by atoms with van der Waals surface area (Å²) in [6.45, 7) is 4.18. The van der Waals surface area contributed by atoms with E-state index in [1.807, 2.05) is 32.0 Å². The van der Waals surface area contributed by atoms with Crippen LogP contribution in [0.4, 0.5) is 5.69 Å². The lowest BCUT2D eigenvalue weighted by molar-refractivity contribution is -0.121. The quantitative estimate of drug-likeness (QED) is 0.798. The summed E-state index contributed by atoms with van der Waals surface area (Å²) in [5.41, 5.74) is 8.08. The maximum atomic E-state index is 13.5. The number of anilines is 1. The highest BCUT2D eigenvalue weighted by atomic mass is 16.7. The highest BCUT2D eigenvalue weighted by Crippen LogP contribution is 2.49. The van der Waals surface area contributed by atoms with Crippen molar-refractivity contribution < 1.29 is 23.9 Å². The summed E-state index contributed by atoms with van der Waals surface area (Å²) in [7, 11) is 0. The minimum absolute atomic E-state index is 0.0213. The van der Waals surface area contributed by atoms with Crippen LogP contribution in [0.1, 0.15) is 54.9 Å². The van der Waals surface area contributed by atoms with Gasteiger partial charge < -0.3 is 15.2 Å². The molecule has 2 aromatic rings. The molecule has 1 unspecified atom stereocenters. The summed E-state index contributed by atoms with van der Waals surface area (Å²) >= 11 is 0. The zero-order valence-corrected chi connectivity index (χ0v) is 18.0. The predicted octanol–water partition coefficient (Wildman–Crippen LogP) is 3.68. The molecule has 0 spiro atoms. The number of primary amides is 1. The standard InChI is InChI=1S/C25H24N2O5/c1-25(2)11-18-23(19(28)12-25)16(14-7-8-20-21(9-14)32-13-31-20)10-22(29)27(18)17-6-4-3-5-15(17)24(26)30/h3-9,16H,10-13H2,1-2H3,(H2,26,30). The van der Waals surface area contributed by atoms with Crippen LogP contribution in [0.3, 0.4) is 0 Å². The van der Waals surface area contributed by atoms with E-state index in [4.69, 9.17) is 15.2 Å². The Labute approximate surface area is 185 Å². The molecule has 3 aliphatic rings. The monoisotopic (exact) mass is 432 g/mol. The van der Waals surface area contributed by atoms with Gasteiger partial charge in [-0.3, -0.25) is 19.3 Å². The molecule has 164 valence electrons. The molecular weight excluding hydrogens is 408 g/mol. The zero-order valence-electron chi connectivity index (χ0n) is 18.0. The SMILES string of the molecule is CC1(C)CC(=O)C2=C(C1)N(c1ccccc1C(N)=O)C(=O)CC2c1ccc2c(c1)OCO2. The molecule has 0 fully saturated rings. The van der Waals surface area contributed by atoms with Crippen molar-refractivity contribution in [3.8, 4) is 11.5 Å². The number of nitrogens with two attached hydrogens (primary N) is 1. The Bertz CT molecular complexity index is 1200. The van der Waals surface area contributed by atoms with Gasteiger partial charge in [0, 0.05) is 30.0 Å². The van der Waals surface area contributed by atoms with Crippen LogP contribution in [0, 0.1) is 5.41 Å². The number of para-hydroxylation sites is 1. The van der Waals surface area contributed by atoms with Gasteiger partial charge in [0.1, 0.15) is 0 Å². The number of rotatable bonds is 3. The molecule has 0 radical (unpaired) electrons. The van der Waals surface area contributed by atoms with E-state index < -0.39 is 5.91 Å². The fourth-order valence-electron chi connectivity index (χ4n) is 4.99. The van der Waals surface area contributed by atoms with E-state index in [1.54, 1.807) is 24.3 Å². The first kappa shape index (κ1) is 20.3. The Hall–Kier alpha value is -3.61. The number of fused-ring (bicyclic) bond motifs is 1. The number of hydrogen-bond donors (Lipinski definition) is 1. The average Bonchev–Trinajstić information content (AvgIpc) is 3.20. The molecule has 0 saturated heterocycles. The van der Waals surface area contributed by atoms with Gasteiger partial charge in [-0.1, -0.05) is 32.0 Å². The van der Waals surface area contributed by atoms with Crippen molar-refractivity contribution in [2.75, 3.05) is 11.7 Å². The van der Waals surface area contributed by atoms with Gasteiger partial charge in [-0.05, 0) is 41.7 Å². The van der Waals surface area contributed by atoms with Gasteiger partial charge in [-0.2, -0.15) is 0 Å². The zero-order chi connectivity index (χ0) is 22.6. The fraction of sp³-hybridized carbons (Fsp3) is 0.320. The van der Waals surface area contributed by atoms with Crippen molar-refractivity contribution in [2.45, 2.75) is 39.0 Å². The maximum Gasteiger partial charge on any atom is 0.250 e. The average molecular weight is 432 g/mol. The van der Waals surface area contributed by atoms with Gasteiger partial charge in [-0.25, -0.2) is 0 Å². The molecule has 32 heavy (non-hydrogen) atoms. The molecule has 7 nitrogen and oxygen atoms in total. The summed E-state index contributed by atoms with van der Waals surface area (Å²) in [6.07, 6.45) is 1.04. The van der Waals surface area contributed by atoms with Crippen molar-refractivity contribution in [1.29, 1.82) is 0 Å². The van der Waals surface area contributed by atoms with Crippen molar-refractivity contribution >= 4 is 23.3 Å². The fourth-order valence-corrected chi connectivity index (χ4v) is 4.99. The van der Waals surface area contributed by atoms with E-state index in [0.29, 0.717) is 41.3 Å². The molecule has 2 amide bonds. The number of carbonyl (C=O) groups excluding carboxylic acids is 3. The topological polar surface area (TPSA) is 98.9 Å². The summed E-state index contributed by atoms with van der Waals surface area (Å²) in [4.78, 5) is 40.6.